The van der Waals surface area contributed by atoms with Crippen molar-refractivity contribution in [3.05, 3.63) is 105 Å². The van der Waals surface area contributed by atoms with E-state index in [9.17, 15) is 24.8 Å². The fourth-order valence-electron chi connectivity index (χ4n) is 4.41. The molecule has 2 atom stereocenters. The number of urea groups is 1. The molecule has 2 amide bonds. The maximum Gasteiger partial charge on any atom is 0.337 e. The van der Waals surface area contributed by atoms with Crippen LogP contribution < -0.4 is 30.3 Å². The standard InChI is InChI=1S/C31H33N5O9/c1-4-43-26-15-21(29-28(30(38)42-3)19(2)33-31(39)34-29)11-14-25(26)45-18-27(37)35-32-16-22-7-5-6-8-24(22)44-17-20-9-12-23(13-10-20)36(40)41/h5-16,27,29,35,37H,4,17-18H2,1-3H3,(H2,33,34,39)/b32-16-/t27-,29+/m0/s1. The third-order valence-electron chi connectivity index (χ3n) is 6.56. The zero-order valence-corrected chi connectivity index (χ0v) is 24.8. The summed E-state index contributed by atoms with van der Waals surface area (Å²) in [7, 11) is 1.26. The summed E-state index contributed by atoms with van der Waals surface area (Å²) in [6, 6.07) is 16.9. The minimum Gasteiger partial charge on any atom is -0.490 e. The molecule has 4 N–H and O–H groups in total. The van der Waals surface area contributed by atoms with Gasteiger partial charge in [0.15, 0.2) is 17.7 Å². The second kappa shape index (κ2) is 15.2. The van der Waals surface area contributed by atoms with Crippen LogP contribution in [0.15, 0.2) is 83.1 Å². The van der Waals surface area contributed by atoms with Crippen LogP contribution in [0.4, 0.5) is 10.5 Å². The molecule has 0 fully saturated rings. The van der Waals surface area contributed by atoms with Crippen molar-refractivity contribution < 1.29 is 38.6 Å². The van der Waals surface area contributed by atoms with Crippen molar-refractivity contribution in [2.24, 2.45) is 5.10 Å². The Balaban J connectivity index is 1.37. The maximum absolute atomic E-state index is 12.4. The fraction of sp³-hybridized carbons (Fsp3) is 0.258. The average Bonchev–Trinajstić information content (AvgIpc) is 3.03. The van der Waals surface area contributed by atoms with Crippen molar-refractivity contribution in [2.45, 2.75) is 32.7 Å². The molecule has 4 rings (SSSR count). The number of nitro groups is 1. The zero-order valence-electron chi connectivity index (χ0n) is 24.8. The number of hydrazone groups is 1. The Kier molecular flexibility index (Phi) is 10.9. The number of rotatable bonds is 14. The largest absolute Gasteiger partial charge is 0.490 e. The highest BCUT2D eigenvalue weighted by atomic mass is 16.6. The molecule has 0 spiro atoms. The molecule has 1 aliphatic rings. The number of ether oxygens (including phenoxy) is 4. The summed E-state index contributed by atoms with van der Waals surface area (Å²) >= 11 is 0. The number of carbonyl (C=O) groups is 2. The van der Waals surface area contributed by atoms with Crippen LogP contribution >= 0.6 is 0 Å². The summed E-state index contributed by atoms with van der Waals surface area (Å²) in [6.07, 6.45) is 0.292. The van der Waals surface area contributed by atoms with Crippen LogP contribution in [0.5, 0.6) is 17.2 Å². The molecular formula is C31H33N5O9. The molecule has 1 heterocycles. The Morgan fingerprint density at radius 3 is 2.56 bits per heavy atom. The highest BCUT2D eigenvalue weighted by molar-refractivity contribution is 5.95. The fourth-order valence-corrected chi connectivity index (χ4v) is 4.41. The van der Waals surface area contributed by atoms with E-state index in [0.717, 1.165) is 5.56 Å². The first-order valence-corrected chi connectivity index (χ1v) is 13.9. The molecule has 236 valence electrons. The minimum atomic E-state index is -1.19. The Bertz CT molecular complexity index is 1590. The lowest BCUT2D eigenvalue weighted by atomic mass is 9.95. The van der Waals surface area contributed by atoms with E-state index in [1.54, 1.807) is 68.4 Å². The Morgan fingerprint density at radius 1 is 1.09 bits per heavy atom. The van der Waals surface area contributed by atoms with Crippen LogP contribution in [0.3, 0.4) is 0 Å². The number of para-hydroxylation sites is 1. The summed E-state index contributed by atoms with van der Waals surface area (Å²) < 4.78 is 22.3. The van der Waals surface area contributed by atoms with Gasteiger partial charge in [0, 0.05) is 23.4 Å². The smallest absolute Gasteiger partial charge is 0.337 e. The number of carbonyl (C=O) groups excluding carboxylic acids is 2. The van der Waals surface area contributed by atoms with Gasteiger partial charge in [-0.15, -0.1) is 0 Å². The summed E-state index contributed by atoms with van der Waals surface area (Å²) in [5.74, 6) is 0.617. The molecule has 0 saturated heterocycles. The van der Waals surface area contributed by atoms with Gasteiger partial charge in [0.05, 0.1) is 36.5 Å². The number of amides is 2. The van der Waals surface area contributed by atoms with Gasteiger partial charge in [0.25, 0.3) is 5.69 Å². The molecule has 0 aromatic heterocycles. The minimum absolute atomic E-state index is 0.0000419. The number of aliphatic hydroxyl groups excluding tert-OH is 1. The number of methoxy groups -OCH3 is 1. The second-order valence-corrected chi connectivity index (χ2v) is 9.67. The summed E-state index contributed by atoms with van der Waals surface area (Å²) in [5.41, 5.74) is 5.19. The van der Waals surface area contributed by atoms with Gasteiger partial charge >= 0.3 is 12.0 Å². The van der Waals surface area contributed by atoms with Gasteiger partial charge in [-0.2, -0.15) is 5.10 Å². The van der Waals surface area contributed by atoms with Crippen LogP contribution in [0.25, 0.3) is 0 Å². The van der Waals surface area contributed by atoms with Gasteiger partial charge in [-0.3, -0.25) is 15.5 Å². The lowest BCUT2D eigenvalue weighted by Gasteiger charge is -2.28. The van der Waals surface area contributed by atoms with Crippen molar-refractivity contribution in [1.82, 2.24) is 16.1 Å². The molecule has 0 unspecified atom stereocenters. The van der Waals surface area contributed by atoms with E-state index in [1.807, 2.05) is 0 Å². The Hall–Kier alpha value is -5.63. The monoisotopic (exact) mass is 619 g/mol. The number of nitro benzene ring substituents is 1. The first-order valence-electron chi connectivity index (χ1n) is 13.9. The highest BCUT2D eigenvalue weighted by Gasteiger charge is 2.32. The van der Waals surface area contributed by atoms with Crippen molar-refractivity contribution in [2.75, 3.05) is 20.3 Å². The van der Waals surface area contributed by atoms with Crippen molar-refractivity contribution in [3.8, 4) is 17.2 Å². The molecule has 0 bridgehead atoms. The number of non-ortho nitro benzene ring substituents is 1. The SMILES string of the molecule is CCOc1cc([C@H]2NC(=O)NC(C)=C2C(=O)OC)ccc1OC[C@H](O)N/N=C\c1ccccc1OCc1ccc([N+](=O)[O-])cc1. The first kappa shape index (κ1) is 32.3. The van der Waals surface area contributed by atoms with Crippen molar-refractivity contribution >= 4 is 23.9 Å². The van der Waals surface area contributed by atoms with Gasteiger partial charge in [0.2, 0.25) is 0 Å². The van der Waals surface area contributed by atoms with Gasteiger partial charge in [0.1, 0.15) is 19.0 Å². The third-order valence-corrected chi connectivity index (χ3v) is 6.56. The first-order chi connectivity index (χ1) is 21.7. The van der Waals surface area contributed by atoms with Crippen LogP contribution in [-0.4, -0.2) is 54.8 Å². The van der Waals surface area contributed by atoms with E-state index in [0.29, 0.717) is 40.7 Å². The molecular weight excluding hydrogens is 586 g/mol. The molecule has 0 radical (unpaired) electrons. The molecule has 3 aromatic carbocycles. The molecule has 1 aliphatic heterocycles. The van der Waals surface area contributed by atoms with Crippen LogP contribution in [0, 0.1) is 10.1 Å². The number of nitrogens with zero attached hydrogens (tertiary/aromatic N) is 2. The average molecular weight is 620 g/mol. The normalized spacial score (nSPS) is 15.1. The van der Waals surface area contributed by atoms with E-state index in [1.165, 1.54) is 25.5 Å². The van der Waals surface area contributed by atoms with Gasteiger partial charge in [-0.05, 0) is 61.4 Å². The van der Waals surface area contributed by atoms with Gasteiger partial charge in [-0.25, -0.2) is 9.59 Å². The predicted octanol–water partition coefficient (Wildman–Crippen LogP) is 3.69. The van der Waals surface area contributed by atoms with E-state index in [4.69, 9.17) is 18.9 Å². The summed E-state index contributed by atoms with van der Waals surface area (Å²) in [5, 5.41) is 30.7. The van der Waals surface area contributed by atoms with Gasteiger partial charge in [-0.1, -0.05) is 18.2 Å². The summed E-state index contributed by atoms with van der Waals surface area (Å²) in [6.45, 7) is 3.73. The van der Waals surface area contributed by atoms with Crippen LogP contribution in [0.2, 0.25) is 0 Å². The predicted molar refractivity (Wildman–Crippen MR) is 163 cm³/mol. The van der Waals surface area contributed by atoms with E-state index < -0.39 is 29.2 Å². The van der Waals surface area contributed by atoms with Gasteiger partial charge < -0.3 is 34.7 Å². The van der Waals surface area contributed by atoms with Crippen LogP contribution in [-0.2, 0) is 16.1 Å². The zero-order chi connectivity index (χ0) is 32.3. The number of aliphatic hydroxyl groups is 1. The van der Waals surface area contributed by atoms with E-state index in [-0.39, 0.29) is 24.5 Å². The van der Waals surface area contributed by atoms with Crippen LogP contribution in [0.1, 0.15) is 36.6 Å². The number of esters is 1. The lowest BCUT2D eigenvalue weighted by molar-refractivity contribution is -0.384. The lowest BCUT2D eigenvalue weighted by Crippen LogP contribution is -2.45. The number of allylic oxidation sites excluding steroid dienone is 1. The maximum atomic E-state index is 12.4. The molecule has 3 aromatic rings. The van der Waals surface area contributed by atoms with E-state index >= 15 is 0 Å². The quantitative estimate of drug-likeness (QED) is 0.0683. The summed E-state index contributed by atoms with van der Waals surface area (Å²) in [4.78, 5) is 35.0. The molecule has 0 aliphatic carbocycles. The molecule has 14 nitrogen and oxygen atoms in total. The molecule has 0 saturated carbocycles. The Labute approximate surface area is 258 Å². The molecule has 45 heavy (non-hydrogen) atoms. The highest BCUT2D eigenvalue weighted by Crippen LogP contribution is 2.35. The number of nitrogens with one attached hydrogen (secondary N) is 3. The van der Waals surface area contributed by atoms with Crippen molar-refractivity contribution in [3.63, 3.8) is 0 Å². The number of benzene rings is 3. The molecule has 14 heteroatoms. The second-order valence-electron chi connectivity index (χ2n) is 9.67. The topological polar surface area (TPSA) is 183 Å². The van der Waals surface area contributed by atoms with Crippen molar-refractivity contribution in [1.29, 1.82) is 0 Å². The number of hydrogen-bond donors (Lipinski definition) is 4. The number of hydrogen-bond acceptors (Lipinski definition) is 11. The Morgan fingerprint density at radius 2 is 1.84 bits per heavy atom. The third kappa shape index (κ3) is 8.48. The van der Waals surface area contributed by atoms with E-state index in [2.05, 4.69) is 21.2 Å².